The molecular weight excluding hydrogens is 220 g/mol. The minimum Gasteiger partial charge on any atom is -0.311 e. The van der Waals surface area contributed by atoms with Gasteiger partial charge in [0.05, 0.1) is 6.17 Å². The number of nitrogens with two attached hydrogens (primary N) is 1. The zero-order valence-corrected chi connectivity index (χ0v) is 10.2. The highest BCUT2D eigenvalue weighted by atomic mass is 32.2. The Kier molecular flexibility index (Phi) is 2.90. The van der Waals surface area contributed by atoms with Gasteiger partial charge in [-0.1, -0.05) is 0 Å². The van der Waals surface area contributed by atoms with Gasteiger partial charge in [-0.25, -0.2) is 0 Å². The molecule has 0 saturated carbocycles. The predicted molar refractivity (Wildman–Crippen MR) is 65.5 cm³/mol. The summed E-state index contributed by atoms with van der Waals surface area (Å²) in [4.78, 5) is 0. The molecule has 2 aliphatic rings. The molecule has 2 N–H and O–H groups in total. The van der Waals surface area contributed by atoms with Crippen molar-refractivity contribution in [1.82, 2.24) is 14.8 Å². The van der Waals surface area contributed by atoms with Crippen molar-refractivity contribution in [2.24, 2.45) is 5.73 Å². The van der Waals surface area contributed by atoms with Gasteiger partial charge >= 0.3 is 0 Å². The first-order valence-corrected chi connectivity index (χ1v) is 7.28. The summed E-state index contributed by atoms with van der Waals surface area (Å²) in [6, 6.07) is 0. The van der Waals surface area contributed by atoms with Crippen LogP contribution in [0.15, 0.2) is 0 Å². The second-order valence-corrected chi connectivity index (χ2v) is 5.92. The van der Waals surface area contributed by atoms with Crippen LogP contribution in [0.1, 0.15) is 49.4 Å². The third-order valence-corrected chi connectivity index (χ3v) is 4.66. The third kappa shape index (κ3) is 1.76. The highest BCUT2D eigenvalue weighted by molar-refractivity contribution is 7.99. The van der Waals surface area contributed by atoms with Crippen molar-refractivity contribution in [3.8, 4) is 0 Å². The lowest BCUT2D eigenvalue weighted by Crippen LogP contribution is -2.28. The van der Waals surface area contributed by atoms with Crippen LogP contribution in [0.3, 0.4) is 0 Å². The third-order valence-electron chi connectivity index (χ3n) is 3.61. The first kappa shape index (κ1) is 10.6. The van der Waals surface area contributed by atoms with Gasteiger partial charge < -0.3 is 5.73 Å². The number of hydrogen-bond donors (Lipinski definition) is 1. The number of aryl methyl sites for hydroxylation is 1. The van der Waals surface area contributed by atoms with Crippen LogP contribution in [0.5, 0.6) is 0 Å². The average Bonchev–Trinajstić information content (AvgIpc) is 2.75. The van der Waals surface area contributed by atoms with Crippen molar-refractivity contribution in [1.29, 1.82) is 0 Å². The topological polar surface area (TPSA) is 56.7 Å². The van der Waals surface area contributed by atoms with Crippen molar-refractivity contribution in [3.05, 3.63) is 11.6 Å². The van der Waals surface area contributed by atoms with E-state index < -0.39 is 0 Å². The largest absolute Gasteiger partial charge is 0.311 e. The predicted octanol–water partition coefficient (Wildman–Crippen LogP) is 1.68. The van der Waals surface area contributed by atoms with E-state index in [1.54, 1.807) is 0 Å². The Morgan fingerprint density at radius 2 is 2.00 bits per heavy atom. The second kappa shape index (κ2) is 4.37. The van der Waals surface area contributed by atoms with Gasteiger partial charge in [-0.05, 0) is 37.2 Å². The Morgan fingerprint density at radius 3 is 2.81 bits per heavy atom. The van der Waals surface area contributed by atoms with Crippen molar-refractivity contribution < 1.29 is 0 Å². The normalized spacial score (nSPS) is 26.7. The van der Waals surface area contributed by atoms with Crippen LogP contribution in [0, 0.1) is 0 Å². The molecule has 0 amide bonds. The van der Waals surface area contributed by atoms with E-state index in [4.69, 9.17) is 5.73 Å². The minimum absolute atomic E-state index is 0.114. The smallest absolute Gasteiger partial charge is 0.137 e. The van der Waals surface area contributed by atoms with Crippen molar-refractivity contribution in [2.75, 3.05) is 11.5 Å². The average molecular weight is 238 g/mol. The monoisotopic (exact) mass is 238 g/mol. The summed E-state index contributed by atoms with van der Waals surface area (Å²) >= 11 is 2.05. The number of aromatic nitrogens is 3. The van der Waals surface area contributed by atoms with E-state index in [1.165, 1.54) is 24.3 Å². The van der Waals surface area contributed by atoms with Gasteiger partial charge in [-0.15, -0.1) is 10.2 Å². The summed E-state index contributed by atoms with van der Waals surface area (Å²) < 4.78 is 2.21. The lowest BCUT2D eigenvalue weighted by Gasteiger charge is -2.27. The number of rotatable bonds is 1. The van der Waals surface area contributed by atoms with Crippen molar-refractivity contribution in [3.63, 3.8) is 0 Å². The van der Waals surface area contributed by atoms with Crippen LogP contribution in [0.25, 0.3) is 0 Å². The first-order valence-electron chi connectivity index (χ1n) is 6.13. The van der Waals surface area contributed by atoms with Gasteiger partial charge in [0.1, 0.15) is 11.6 Å². The molecular formula is C11H18N4S. The Morgan fingerprint density at radius 1 is 1.19 bits per heavy atom. The van der Waals surface area contributed by atoms with E-state index in [-0.39, 0.29) is 6.17 Å². The Labute approximate surface area is 100.0 Å². The van der Waals surface area contributed by atoms with Gasteiger partial charge in [0.2, 0.25) is 0 Å². The molecule has 3 heterocycles. The Balaban J connectivity index is 1.91. The molecule has 16 heavy (non-hydrogen) atoms. The molecule has 88 valence electrons. The molecule has 1 saturated heterocycles. The molecule has 1 aromatic heterocycles. The molecule has 0 aliphatic carbocycles. The van der Waals surface area contributed by atoms with E-state index in [9.17, 15) is 0 Å². The molecule has 0 bridgehead atoms. The lowest BCUT2D eigenvalue weighted by molar-refractivity contribution is 0.384. The second-order valence-electron chi connectivity index (χ2n) is 4.69. The zero-order chi connectivity index (χ0) is 11.0. The summed E-state index contributed by atoms with van der Waals surface area (Å²) in [6.45, 7) is 0. The fourth-order valence-electron chi connectivity index (χ4n) is 2.70. The summed E-state index contributed by atoms with van der Waals surface area (Å²) in [5.41, 5.74) is 6.18. The summed E-state index contributed by atoms with van der Waals surface area (Å²) in [6.07, 6.45) is 5.84. The van der Waals surface area contributed by atoms with Crippen LogP contribution in [-0.2, 0) is 6.42 Å². The van der Waals surface area contributed by atoms with E-state index in [0.717, 1.165) is 30.9 Å². The van der Waals surface area contributed by atoms with Gasteiger partial charge in [-0.2, -0.15) is 11.8 Å². The number of fused-ring (bicyclic) bond motifs is 1. The molecule has 0 spiro atoms. The van der Waals surface area contributed by atoms with Crippen LogP contribution in [0.4, 0.5) is 0 Å². The maximum absolute atomic E-state index is 6.18. The summed E-state index contributed by atoms with van der Waals surface area (Å²) in [5, 5.41) is 8.70. The van der Waals surface area contributed by atoms with Crippen molar-refractivity contribution in [2.45, 2.75) is 44.2 Å². The van der Waals surface area contributed by atoms with Crippen LogP contribution in [-0.4, -0.2) is 26.3 Å². The molecule has 0 aromatic carbocycles. The molecule has 1 atom stereocenters. The number of thioether (sulfide) groups is 1. The fourth-order valence-corrected chi connectivity index (χ4v) is 3.81. The van der Waals surface area contributed by atoms with Gasteiger partial charge in [0.15, 0.2) is 0 Å². The SMILES string of the molecule is NC1CCCc2nnc(C3CCSCC3)n21. The minimum atomic E-state index is 0.114. The molecule has 5 heteroatoms. The van der Waals surface area contributed by atoms with E-state index in [2.05, 4.69) is 14.8 Å². The van der Waals surface area contributed by atoms with E-state index in [0.29, 0.717) is 5.92 Å². The van der Waals surface area contributed by atoms with Crippen molar-refractivity contribution >= 4 is 11.8 Å². The standard InChI is InChI=1S/C11H18N4S/c12-9-2-1-3-10-13-14-11(15(9)10)8-4-6-16-7-5-8/h8-9H,1-7,12H2. The number of hydrogen-bond acceptors (Lipinski definition) is 4. The van der Waals surface area contributed by atoms with Crippen LogP contribution < -0.4 is 5.73 Å². The first-order chi connectivity index (χ1) is 7.86. The molecule has 0 radical (unpaired) electrons. The van der Waals surface area contributed by atoms with Crippen LogP contribution in [0.2, 0.25) is 0 Å². The maximum atomic E-state index is 6.18. The Hall–Kier alpha value is -0.550. The molecule has 2 aliphatic heterocycles. The van der Waals surface area contributed by atoms with Gasteiger partial charge in [0, 0.05) is 12.3 Å². The molecule has 3 rings (SSSR count). The zero-order valence-electron chi connectivity index (χ0n) is 9.43. The molecule has 1 fully saturated rings. The van der Waals surface area contributed by atoms with Gasteiger partial charge in [-0.3, -0.25) is 4.57 Å². The van der Waals surface area contributed by atoms with Crippen LogP contribution >= 0.6 is 11.8 Å². The summed E-state index contributed by atoms with van der Waals surface area (Å²) in [5.74, 6) is 5.35. The summed E-state index contributed by atoms with van der Waals surface area (Å²) in [7, 11) is 0. The van der Waals surface area contributed by atoms with E-state index in [1.807, 2.05) is 11.8 Å². The molecule has 1 aromatic rings. The fraction of sp³-hybridized carbons (Fsp3) is 0.818. The maximum Gasteiger partial charge on any atom is 0.137 e. The Bertz CT molecular complexity index is 370. The molecule has 4 nitrogen and oxygen atoms in total. The lowest BCUT2D eigenvalue weighted by atomic mass is 10.0. The van der Waals surface area contributed by atoms with Gasteiger partial charge in [0.25, 0.3) is 0 Å². The number of nitrogens with zero attached hydrogens (tertiary/aromatic N) is 3. The highest BCUT2D eigenvalue weighted by Gasteiger charge is 2.27. The highest BCUT2D eigenvalue weighted by Crippen LogP contribution is 2.33. The van der Waals surface area contributed by atoms with E-state index >= 15 is 0 Å². The quantitative estimate of drug-likeness (QED) is 0.809. The molecule has 1 unspecified atom stereocenters.